The van der Waals surface area contributed by atoms with Gasteiger partial charge in [-0.2, -0.15) is 5.10 Å². The average Bonchev–Trinajstić information content (AvgIpc) is 3.06. The lowest BCUT2D eigenvalue weighted by atomic mass is 10.2. The molecule has 106 valence electrons. The maximum atomic E-state index is 12.8. The molecule has 4 rings (SSSR count). The van der Waals surface area contributed by atoms with Crippen molar-refractivity contribution >= 4 is 22.4 Å². The van der Waals surface area contributed by atoms with Gasteiger partial charge in [0.15, 0.2) is 10.9 Å². The second kappa shape index (κ2) is 4.86. The summed E-state index contributed by atoms with van der Waals surface area (Å²) in [5.74, 6) is -0.180. The van der Waals surface area contributed by atoms with Crippen LogP contribution in [0, 0.1) is 5.82 Å². The van der Waals surface area contributed by atoms with E-state index in [9.17, 15) is 4.39 Å². The van der Waals surface area contributed by atoms with Crippen LogP contribution in [-0.4, -0.2) is 25.1 Å². The van der Waals surface area contributed by atoms with E-state index in [0.29, 0.717) is 24.3 Å². The zero-order chi connectivity index (χ0) is 14.2. The van der Waals surface area contributed by atoms with E-state index in [1.54, 1.807) is 6.20 Å². The van der Waals surface area contributed by atoms with Crippen LogP contribution in [0.15, 0.2) is 18.6 Å². The van der Waals surface area contributed by atoms with Crippen molar-refractivity contribution in [2.45, 2.75) is 13.2 Å². The van der Waals surface area contributed by atoms with Gasteiger partial charge in [-0.3, -0.25) is 5.10 Å². The second-order valence-electron chi connectivity index (χ2n) is 4.40. The Bertz CT molecular complexity index is 783. The first-order valence-electron chi connectivity index (χ1n) is 6.14. The number of aromatic nitrogens is 5. The van der Waals surface area contributed by atoms with Gasteiger partial charge in [0, 0.05) is 5.56 Å². The quantitative estimate of drug-likeness (QED) is 0.755. The molecule has 0 bridgehead atoms. The van der Waals surface area contributed by atoms with E-state index in [1.165, 1.54) is 11.3 Å². The van der Waals surface area contributed by atoms with Crippen molar-refractivity contribution in [2.75, 3.05) is 5.32 Å². The summed E-state index contributed by atoms with van der Waals surface area (Å²) >= 11 is 1.45. The molecule has 0 atom stereocenters. The number of nitrogens with zero attached hydrogens (tertiary/aromatic N) is 4. The first-order valence-corrected chi connectivity index (χ1v) is 6.96. The van der Waals surface area contributed by atoms with Crippen molar-refractivity contribution in [3.8, 4) is 11.3 Å². The molecule has 0 saturated carbocycles. The number of hydrogen-bond acceptors (Lipinski definition) is 7. The minimum absolute atomic E-state index is 0.300. The van der Waals surface area contributed by atoms with Gasteiger partial charge in [-0.05, 0) is 0 Å². The Kier molecular flexibility index (Phi) is 2.86. The van der Waals surface area contributed by atoms with Crippen LogP contribution in [0.1, 0.15) is 10.6 Å². The van der Waals surface area contributed by atoms with Crippen molar-refractivity contribution in [1.82, 2.24) is 25.1 Å². The number of ether oxygens (including phenoxy) is 1. The highest BCUT2D eigenvalue weighted by molar-refractivity contribution is 7.16. The molecule has 9 heteroatoms. The summed E-state index contributed by atoms with van der Waals surface area (Å²) in [6.45, 7) is 0.976. The number of H-pyrrole nitrogens is 1. The van der Waals surface area contributed by atoms with Crippen molar-refractivity contribution in [1.29, 1.82) is 0 Å². The van der Waals surface area contributed by atoms with Gasteiger partial charge < -0.3 is 10.1 Å². The number of halogens is 1. The van der Waals surface area contributed by atoms with Crippen LogP contribution in [0.3, 0.4) is 0 Å². The van der Waals surface area contributed by atoms with Gasteiger partial charge in [0.2, 0.25) is 5.95 Å². The van der Waals surface area contributed by atoms with Gasteiger partial charge in [0.05, 0.1) is 48.1 Å². The molecule has 0 unspecified atom stereocenters. The fourth-order valence-corrected chi connectivity index (χ4v) is 2.97. The Balaban J connectivity index is 1.68. The van der Waals surface area contributed by atoms with Crippen molar-refractivity contribution < 1.29 is 9.13 Å². The lowest BCUT2D eigenvalue weighted by Crippen LogP contribution is -1.96. The van der Waals surface area contributed by atoms with E-state index < -0.39 is 5.82 Å². The number of hydrogen-bond donors (Lipinski definition) is 2. The van der Waals surface area contributed by atoms with Crippen LogP contribution in [0.5, 0.6) is 0 Å². The Labute approximate surface area is 122 Å². The van der Waals surface area contributed by atoms with Crippen LogP contribution < -0.4 is 5.32 Å². The fourth-order valence-electron chi connectivity index (χ4n) is 2.06. The van der Waals surface area contributed by atoms with Gasteiger partial charge in [-0.15, -0.1) is 0 Å². The maximum absolute atomic E-state index is 12.8. The molecule has 0 aliphatic carbocycles. The SMILES string of the molecule is Fc1cnc(Nc2nc3c(s2)COCc2[nH]ncc2-3)nc1. The Hall–Kier alpha value is -2.39. The van der Waals surface area contributed by atoms with Crippen molar-refractivity contribution in [3.05, 3.63) is 35.0 Å². The van der Waals surface area contributed by atoms with E-state index in [-0.39, 0.29) is 0 Å². The average molecular weight is 304 g/mol. The largest absolute Gasteiger partial charge is 0.370 e. The van der Waals surface area contributed by atoms with Crippen LogP contribution >= 0.6 is 11.3 Å². The normalized spacial score (nSPS) is 13.4. The van der Waals surface area contributed by atoms with E-state index in [4.69, 9.17) is 4.74 Å². The molecule has 1 aliphatic rings. The number of anilines is 2. The van der Waals surface area contributed by atoms with Gasteiger partial charge in [-0.25, -0.2) is 19.3 Å². The Morgan fingerprint density at radius 1 is 1.24 bits per heavy atom. The van der Waals surface area contributed by atoms with Gasteiger partial charge in [0.1, 0.15) is 0 Å². The second-order valence-corrected chi connectivity index (χ2v) is 5.48. The number of fused-ring (bicyclic) bond motifs is 3. The summed E-state index contributed by atoms with van der Waals surface area (Å²) in [7, 11) is 0. The Morgan fingerprint density at radius 2 is 2.10 bits per heavy atom. The van der Waals surface area contributed by atoms with E-state index >= 15 is 0 Å². The molecule has 0 saturated heterocycles. The summed E-state index contributed by atoms with van der Waals surface area (Å²) in [5, 5.41) is 10.5. The summed E-state index contributed by atoms with van der Waals surface area (Å²) in [5.41, 5.74) is 2.68. The summed E-state index contributed by atoms with van der Waals surface area (Å²) in [6.07, 6.45) is 3.94. The topological polar surface area (TPSA) is 88.6 Å². The van der Waals surface area contributed by atoms with Crippen LogP contribution in [0.4, 0.5) is 15.5 Å². The number of nitrogens with one attached hydrogen (secondary N) is 2. The van der Waals surface area contributed by atoms with Crippen molar-refractivity contribution in [2.24, 2.45) is 0 Å². The highest BCUT2D eigenvalue weighted by Crippen LogP contribution is 2.36. The molecule has 2 N–H and O–H groups in total. The van der Waals surface area contributed by atoms with E-state index in [2.05, 4.69) is 30.5 Å². The third-order valence-electron chi connectivity index (χ3n) is 2.99. The maximum Gasteiger partial charge on any atom is 0.229 e. The van der Waals surface area contributed by atoms with Crippen LogP contribution in [0.2, 0.25) is 0 Å². The van der Waals surface area contributed by atoms with Crippen LogP contribution in [-0.2, 0) is 18.0 Å². The third-order valence-corrected chi connectivity index (χ3v) is 3.93. The van der Waals surface area contributed by atoms with E-state index in [1.807, 2.05) is 0 Å². The Morgan fingerprint density at radius 3 is 2.95 bits per heavy atom. The molecule has 0 fully saturated rings. The first kappa shape index (κ1) is 12.4. The molecule has 7 nitrogen and oxygen atoms in total. The standard InChI is InChI=1S/C12H9FN6OS/c13-6-1-14-11(15-2-6)18-12-17-10-7-3-16-19-8(7)4-20-5-9(10)21-12/h1-3H,4-5H2,(H,16,19)(H,14,15,17,18). The molecule has 21 heavy (non-hydrogen) atoms. The predicted molar refractivity (Wildman–Crippen MR) is 73.5 cm³/mol. The smallest absolute Gasteiger partial charge is 0.229 e. The molecule has 0 spiro atoms. The first-order chi connectivity index (χ1) is 10.3. The lowest BCUT2D eigenvalue weighted by molar-refractivity contribution is 0.109. The number of rotatable bonds is 2. The van der Waals surface area contributed by atoms with Gasteiger partial charge >= 0.3 is 0 Å². The molecule has 1 aliphatic heterocycles. The zero-order valence-corrected chi connectivity index (χ0v) is 11.4. The highest BCUT2D eigenvalue weighted by atomic mass is 32.1. The molecular formula is C12H9FN6OS. The fraction of sp³-hybridized carbons (Fsp3) is 0.167. The zero-order valence-electron chi connectivity index (χ0n) is 10.6. The van der Waals surface area contributed by atoms with Gasteiger partial charge in [-0.1, -0.05) is 11.3 Å². The number of thiazole rings is 1. The minimum atomic E-state index is -0.480. The van der Waals surface area contributed by atoms with Crippen LogP contribution in [0.25, 0.3) is 11.3 Å². The lowest BCUT2D eigenvalue weighted by Gasteiger charge is -2.00. The molecule has 0 amide bonds. The predicted octanol–water partition coefficient (Wildman–Crippen LogP) is 2.24. The summed E-state index contributed by atoms with van der Waals surface area (Å²) < 4.78 is 18.4. The summed E-state index contributed by atoms with van der Waals surface area (Å²) in [6, 6.07) is 0. The van der Waals surface area contributed by atoms with E-state index in [0.717, 1.165) is 34.2 Å². The van der Waals surface area contributed by atoms with Gasteiger partial charge in [0.25, 0.3) is 0 Å². The molecular weight excluding hydrogens is 295 g/mol. The number of aromatic amines is 1. The molecule has 0 radical (unpaired) electrons. The molecule has 0 aromatic carbocycles. The monoisotopic (exact) mass is 304 g/mol. The van der Waals surface area contributed by atoms with Crippen molar-refractivity contribution in [3.63, 3.8) is 0 Å². The summed E-state index contributed by atoms with van der Waals surface area (Å²) in [4.78, 5) is 13.2. The third kappa shape index (κ3) is 2.26. The molecule has 3 aromatic heterocycles. The highest BCUT2D eigenvalue weighted by Gasteiger charge is 2.21. The molecule has 3 aromatic rings. The molecule has 4 heterocycles. The minimum Gasteiger partial charge on any atom is -0.370 e.